The number of fused-ring (bicyclic) bond motifs is 1. The van der Waals surface area contributed by atoms with Crippen molar-refractivity contribution in [1.29, 1.82) is 0 Å². The number of para-hydroxylation sites is 3. The van der Waals surface area contributed by atoms with E-state index in [1.54, 1.807) is 18.4 Å². The highest BCUT2D eigenvalue weighted by Gasteiger charge is 2.28. The standard InChI is InChI=1S/C21H18N2O2S/c1-24-19-9-5-3-7-16(19)22-21-23(15-10-11-15)17(13-26-21)20-12-14-6-2-4-8-18(14)25-20/h2-9,12-13,15H,10-11H2,1H3. The number of hydrogen-bond acceptors (Lipinski definition) is 4. The zero-order valence-electron chi connectivity index (χ0n) is 14.4. The van der Waals surface area contributed by atoms with E-state index in [1.165, 1.54) is 12.8 Å². The number of benzene rings is 2. The molecule has 1 aliphatic carbocycles. The lowest BCUT2D eigenvalue weighted by molar-refractivity contribution is 0.416. The van der Waals surface area contributed by atoms with Crippen molar-refractivity contribution in [2.45, 2.75) is 18.9 Å². The number of aromatic nitrogens is 1. The molecule has 0 amide bonds. The van der Waals surface area contributed by atoms with E-state index in [0.29, 0.717) is 6.04 Å². The second-order valence-electron chi connectivity index (χ2n) is 6.44. The summed E-state index contributed by atoms with van der Waals surface area (Å²) < 4.78 is 13.9. The van der Waals surface area contributed by atoms with Crippen LogP contribution in [0.3, 0.4) is 0 Å². The highest BCUT2D eigenvalue weighted by atomic mass is 32.1. The maximum atomic E-state index is 6.10. The summed E-state index contributed by atoms with van der Waals surface area (Å²) in [5, 5.41) is 3.27. The van der Waals surface area contributed by atoms with Gasteiger partial charge < -0.3 is 13.7 Å². The molecular weight excluding hydrogens is 344 g/mol. The molecule has 130 valence electrons. The molecule has 1 fully saturated rings. The van der Waals surface area contributed by atoms with Gasteiger partial charge in [0.15, 0.2) is 10.6 Å². The Kier molecular flexibility index (Phi) is 3.68. The fraction of sp³-hybridized carbons (Fsp3) is 0.190. The normalized spacial score (nSPS) is 14.9. The van der Waals surface area contributed by atoms with Crippen molar-refractivity contribution in [2.75, 3.05) is 7.11 Å². The molecule has 4 aromatic rings. The first-order valence-corrected chi connectivity index (χ1v) is 9.58. The molecule has 0 radical (unpaired) electrons. The van der Waals surface area contributed by atoms with Gasteiger partial charge in [0.1, 0.15) is 17.0 Å². The molecule has 0 unspecified atom stereocenters. The van der Waals surface area contributed by atoms with Gasteiger partial charge in [-0.1, -0.05) is 30.3 Å². The minimum absolute atomic E-state index is 0.498. The van der Waals surface area contributed by atoms with Gasteiger partial charge >= 0.3 is 0 Å². The topological polar surface area (TPSA) is 39.7 Å². The first-order valence-electron chi connectivity index (χ1n) is 8.70. The fourth-order valence-corrected chi connectivity index (χ4v) is 4.16. The summed E-state index contributed by atoms with van der Waals surface area (Å²) >= 11 is 1.64. The second-order valence-corrected chi connectivity index (χ2v) is 7.27. The molecule has 0 bridgehead atoms. The molecular formula is C21H18N2O2S. The maximum Gasteiger partial charge on any atom is 0.190 e. The van der Waals surface area contributed by atoms with Crippen LogP contribution >= 0.6 is 11.3 Å². The predicted molar refractivity (Wildman–Crippen MR) is 104 cm³/mol. The first-order chi connectivity index (χ1) is 12.8. The van der Waals surface area contributed by atoms with Crippen LogP contribution in [0.15, 0.2) is 69.4 Å². The number of hydrogen-bond donors (Lipinski definition) is 0. The predicted octanol–water partition coefficient (Wildman–Crippen LogP) is 5.54. The molecule has 0 aliphatic heterocycles. The zero-order valence-corrected chi connectivity index (χ0v) is 15.2. The molecule has 2 heterocycles. The monoisotopic (exact) mass is 362 g/mol. The molecule has 0 N–H and O–H groups in total. The molecule has 5 heteroatoms. The SMILES string of the molecule is COc1ccccc1N=c1scc(-c2cc3ccccc3o2)n1C1CC1. The fourth-order valence-electron chi connectivity index (χ4n) is 3.20. The van der Waals surface area contributed by atoms with E-state index >= 15 is 0 Å². The van der Waals surface area contributed by atoms with Crippen LogP contribution in [0.2, 0.25) is 0 Å². The summed E-state index contributed by atoms with van der Waals surface area (Å²) in [6, 6.07) is 18.6. The van der Waals surface area contributed by atoms with Crippen LogP contribution in [-0.2, 0) is 0 Å². The summed E-state index contributed by atoms with van der Waals surface area (Å²) in [5.74, 6) is 1.68. The number of rotatable bonds is 4. The first kappa shape index (κ1) is 15.5. The molecule has 1 aliphatic rings. The van der Waals surface area contributed by atoms with Gasteiger partial charge in [-0.3, -0.25) is 0 Å². The van der Waals surface area contributed by atoms with Crippen molar-refractivity contribution in [3.63, 3.8) is 0 Å². The van der Waals surface area contributed by atoms with Crippen molar-refractivity contribution < 1.29 is 9.15 Å². The minimum Gasteiger partial charge on any atom is -0.494 e. The minimum atomic E-state index is 0.498. The van der Waals surface area contributed by atoms with Crippen LogP contribution in [0, 0.1) is 0 Å². The molecule has 26 heavy (non-hydrogen) atoms. The Balaban J connectivity index is 1.68. The van der Waals surface area contributed by atoms with Gasteiger partial charge in [-0.05, 0) is 37.1 Å². The van der Waals surface area contributed by atoms with Crippen LogP contribution in [0.4, 0.5) is 5.69 Å². The van der Waals surface area contributed by atoms with Crippen molar-refractivity contribution in [2.24, 2.45) is 4.99 Å². The molecule has 1 saturated carbocycles. The van der Waals surface area contributed by atoms with Gasteiger partial charge in [0, 0.05) is 16.8 Å². The Morgan fingerprint density at radius 3 is 2.73 bits per heavy atom. The van der Waals surface area contributed by atoms with Crippen LogP contribution in [0.5, 0.6) is 5.75 Å². The van der Waals surface area contributed by atoms with Gasteiger partial charge in [-0.15, -0.1) is 11.3 Å². The van der Waals surface area contributed by atoms with Crippen molar-refractivity contribution in [3.05, 3.63) is 64.8 Å². The lowest BCUT2D eigenvalue weighted by Crippen LogP contribution is -2.14. The van der Waals surface area contributed by atoms with Crippen molar-refractivity contribution >= 4 is 28.0 Å². The Hall–Kier alpha value is -2.79. The summed E-state index contributed by atoms with van der Waals surface area (Å²) in [5.41, 5.74) is 2.86. The Labute approximate surface area is 155 Å². The zero-order chi connectivity index (χ0) is 17.5. The summed E-state index contributed by atoms with van der Waals surface area (Å²) in [4.78, 5) is 5.87. The summed E-state index contributed by atoms with van der Waals surface area (Å²) in [7, 11) is 1.68. The molecule has 0 atom stereocenters. The average molecular weight is 362 g/mol. The van der Waals surface area contributed by atoms with E-state index in [-0.39, 0.29) is 0 Å². The number of nitrogens with zero attached hydrogens (tertiary/aromatic N) is 2. The van der Waals surface area contributed by atoms with Crippen LogP contribution in [-0.4, -0.2) is 11.7 Å². The molecule has 2 aromatic carbocycles. The van der Waals surface area contributed by atoms with E-state index < -0.39 is 0 Å². The van der Waals surface area contributed by atoms with Crippen molar-refractivity contribution in [1.82, 2.24) is 4.57 Å². The molecule has 0 spiro atoms. The third-order valence-corrected chi connectivity index (χ3v) is 5.47. The van der Waals surface area contributed by atoms with E-state index in [0.717, 1.165) is 38.7 Å². The summed E-state index contributed by atoms with van der Waals surface area (Å²) in [6.07, 6.45) is 2.37. The summed E-state index contributed by atoms with van der Waals surface area (Å²) in [6.45, 7) is 0. The number of thiazole rings is 1. The second kappa shape index (κ2) is 6.18. The highest BCUT2D eigenvalue weighted by Crippen LogP contribution is 2.39. The van der Waals surface area contributed by atoms with Gasteiger partial charge in [-0.2, -0.15) is 0 Å². The maximum absolute atomic E-state index is 6.10. The Morgan fingerprint density at radius 2 is 1.92 bits per heavy atom. The lowest BCUT2D eigenvalue weighted by atomic mass is 10.2. The highest BCUT2D eigenvalue weighted by molar-refractivity contribution is 7.07. The number of methoxy groups -OCH3 is 1. The van der Waals surface area contributed by atoms with Gasteiger partial charge in [0.05, 0.1) is 12.8 Å². The smallest absolute Gasteiger partial charge is 0.190 e. The quantitative estimate of drug-likeness (QED) is 0.478. The van der Waals surface area contributed by atoms with E-state index in [2.05, 4.69) is 22.1 Å². The van der Waals surface area contributed by atoms with Crippen LogP contribution in [0.25, 0.3) is 22.4 Å². The van der Waals surface area contributed by atoms with Crippen LogP contribution in [0.1, 0.15) is 18.9 Å². The largest absolute Gasteiger partial charge is 0.494 e. The van der Waals surface area contributed by atoms with E-state index in [4.69, 9.17) is 14.1 Å². The van der Waals surface area contributed by atoms with Crippen LogP contribution < -0.4 is 9.54 Å². The van der Waals surface area contributed by atoms with E-state index in [9.17, 15) is 0 Å². The Morgan fingerprint density at radius 1 is 1.12 bits per heavy atom. The van der Waals surface area contributed by atoms with Gasteiger partial charge in [-0.25, -0.2) is 4.99 Å². The third-order valence-electron chi connectivity index (χ3n) is 4.63. The number of furan rings is 1. The third kappa shape index (κ3) is 2.65. The number of ether oxygens (including phenoxy) is 1. The average Bonchev–Trinajstić information content (AvgIpc) is 3.28. The molecule has 4 nitrogen and oxygen atoms in total. The molecule has 0 saturated heterocycles. The van der Waals surface area contributed by atoms with Crippen molar-refractivity contribution in [3.8, 4) is 17.2 Å². The lowest BCUT2D eigenvalue weighted by Gasteiger charge is -2.06. The molecule has 5 rings (SSSR count). The van der Waals surface area contributed by atoms with E-state index in [1.807, 2.05) is 42.5 Å². The molecule has 2 aromatic heterocycles. The van der Waals surface area contributed by atoms with Gasteiger partial charge in [0.2, 0.25) is 0 Å². The Bertz CT molecular complexity index is 1120. The van der Waals surface area contributed by atoms with Gasteiger partial charge in [0.25, 0.3) is 0 Å².